The van der Waals surface area contributed by atoms with E-state index in [1.54, 1.807) is 18.2 Å². The van der Waals surface area contributed by atoms with Crippen LogP contribution in [0, 0.1) is 11.7 Å². The summed E-state index contributed by atoms with van der Waals surface area (Å²) in [7, 11) is 0.0329. The van der Waals surface area contributed by atoms with Crippen molar-refractivity contribution in [2.45, 2.75) is 32.4 Å². The zero-order chi connectivity index (χ0) is 26.3. The van der Waals surface area contributed by atoms with Crippen LogP contribution in [0.3, 0.4) is 0 Å². The quantitative estimate of drug-likeness (QED) is 0.482. The molecule has 1 aromatic heterocycles. The number of hydrogen-bond donors (Lipinski definition) is 2. The highest BCUT2D eigenvalue weighted by Crippen LogP contribution is 2.32. The Morgan fingerprint density at radius 1 is 1.29 bits per heavy atom. The second kappa shape index (κ2) is 12.6. The average molecular weight is 546 g/mol. The van der Waals surface area contributed by atoms with Crippen molar-refractivity contribution in [2.24, 2.45) is 5.92 Å². The molecular weight excluding hydrogens is 517 g/mol. The van der Waals surface area contributed by atoms with Crippen LogP contribution in [0.1, 0.15) is 36.8 Å². The van der Waals surface area contributed by atoms with Crippen molar-refractivity contribution in [3.63, 3.8) is 0 Å². The molecule has 35 heavy (non-hydrogen) atoms. The van der Waals surface area contributed by atoms with E-state index in [1.807, 2.05) is 25.1 Å². The predicted octanol–water partition coefficient (Wildman–Crippen LogP) is 4.20. The Bertz CT molecular complexity index is 1160. The van der Waals surface area contributed by atoms with Crippen LogP contribution in [-0.2, 0) is 19.6 Å². The van der Waals surface area contributed by atoms with E-state index < -0.39 is 27.8 Å². The smallest absolute Gasteiger partial charge is 0.290 e. The molecule has 0 bridgehead atoms. The molecule has 2 N–H and O–H groups in total. The number of sulfonamides is 1. The molecule has 12 heteroatoms. The number of nitrogens with zero attached hydrogens (tertiary/aromatic N) is 2. The number of carbonyl (C=O) groups excluding carboxylic acids is 1. The Balaban J connectivity index is 0.00000137. The van der Waals surface area contributed by atoms with Crippen molar-refractivity contribution in [3.05, 3.63) is 56.3 Å². The van der Waals surface area contributed by atoms with Gasteiger partial charge in [0.2, 0.25) is 15.9 Å². The summed E-state index contributed by atoms with van der Waals surface area (Å²) in [5.41, 5.74) is 0.986. The van der Waals surface area contributed by atoms with Crippen LogP contribution >= 0.6 is 22.9 Å². The summed E-state index contributed by atoms with van der Waals surface area (Å²) >= 11 is 7.09. The second-order valence-electron chi connectivity index (χ2n) is 8.41. The lowest BCUT2D eigenvalue weighted by Gasteiger charge is -2.29. The molecule has 2 aromatic rings. The van der Waals surface area contributed by atoms with E-state index in [4.69, 9.17) is 21.5 Å². The van der Waals surface area contributed by atoms with Crippen LogP contribution in [-0.4, -0.2) is 57.5 Å². The highest BCUT2D eigenvalue weighted by Gasteiger charge is 2.36. The summed E-state index contributed by atoms with van der Waals surface area (Å²) in [5, 5.41) is 7.90. The number of anilines is 1. The van der Waals surface area contributed by atoms with Gasteiger partial charge in [-0.1, -0.05) is 31.5 Å². The van der Waals surface area contributed by atoms with Crippen molar-refractivity contribution in [2.75, 3.05) is 25.5 Å². The Kier molecular flexibility index (Phi) is 10.4. The van der Waals surface area contributed by atoms with Crippen molar-refractivity contribution in [3.8, 4) is 0 Å². The molecule has 0 spiro atoms. The van der Waals surface area contributed by atoms with Crippen molar-refractivity contribution < 1.29 is 27.5 Å². The molecule has 8 nitrogen and oxygen atoms in total. The minimum Gasteiger partial charge on any atom is -0.483 e. The predicted molar refractivity (Wildman–Crippen MR) is 138 cm³/mol. The first-order valence-electron chi connectivity index (χ1n) is 10.7. The maximum Gasteiger partial charge on any atom is 0.290 e. The molecule has 1 saturated heterocycles. The zero-order valence-electron chi connectivity index (χ0n) is 19.8. The molecule has 0 saturated carbocycles. The Labute approximate surface area is 214 Å². The van der Waals surface area contributed by atoms with Gasteiger partial charge in [-0.25, -0.2) is 12.8 Å². The highest BCUT2D eigenvalue weighted by molar-refractivity contribution is 7.92. The van der Waals surface area contributed by atoms with Crippen LogP contribution in [0.2, 0.25) is 4.34 Å². The minimum atomic E-state index is -3.85. The van der Waals surface area contributed by atoms with E-state index in [0.717, 1.165) is 11.0 Å². The number of carboxylic acid groups (broad SMARTS) is 1. The van der Waals surface area contributed by atoms with Crippen molar-refractivity contribution >= 4 is 57.1 Å². The second-order valence-corrected chi connectivity index (χ2v) is 11.8. The van der Waals surface area contributed by atoms with E-state index in [-0.39, 0.29) is 37.1 Å². The Hall–Kier alpha value is -2.31. The van der Waals surface area contributed by atoms with Crippen LogP contribution in [0.15, 0.2) is 35.7 Å². The standard InChI is InChI=1S/C22H27ClFN3O3S2.CH2O2/c1-14(2)21(26(3)4)15-5-7-19(17(24)13-15)27-11-9-18(22(27)28)25-32(29,30)12-10-16-6-8-20(23)31-16;2-1-3/h5-8,10,12-14,18,21,25H,9,11H2,1-4H3;1H,(H,2,3)/t18-,21?;/m0./s1. The van der Waals surface area contributed by atoms with Crippen molar-refractivity contribution in [1.29, 1.82) is 0 Å². The molecule has 0 radical (unpaired) electrons. The zero-order valence-corrected chi connectivity index (χ0v) is 22.2. The number of benzene rings is 1. The summed E-state index contributed by atoms with van der Waals surface area (Å²) in [6, 6.07) is 7.35. The van der Waals surface area contributed by atoms with Gasteiger partial charge in [-0.05, 0) is 62.3 Å². The van der Waals surface area contributed by atoms with Crippen LogP contribution < -0.4 is 9.62 Å². The molecule has 1 fully saturated rings. The fraction of sp³-hybridized carbons (Fsp3) is 0.391. The first-order valence-corrected chi connectivity index (χ1v) is 13.4. The number of nitrogens with one attached hydrogen (secondary N) is 1. The molecule has 1 aromatic carbocycles. The topological polar surface area (TPSA) is 107 Å². The summed E-state index contributed by atoms with van der Waals surface area (Å²) in [4.78, 5) is 25.2. The molecule has 1 unspecified atom stereocenters. The lowest BCUT2D eigenvalue weighted by molar-refractivity contribution is -0.123. The molecular formula is C23H29ClFN3O5S2. The van der Waals surface area contributed by atoms with Gasteiger partial charge in [0.05, 0.1) is 10.0 Å². The average Bonchev–Trinajstić information content (AvgIpc) is 3.32. The Morgan fingerprint density at radius 3 is 2.46 bits per heavy atom. The number of rotatable bonds is 8. The van der Waals surface area contributed by atoms with E-state index in [9.17, 15) is 17.6 Å². The van der Waals surface area contributed by atoms with Gasteiger partial charge in [0.25, 0.3) is 6.47 Å². The maximum atomic E-state index is 15.0. The van der Waals surface area contributed by atoms with Gasteiger partial charge < -0.3 is 14.9 Å². The van der Waals surface area contributed by atoms with E-state index in [0.29, 0.717) is 9.21 Å². The molecule has 3 rings (SSSR count). The third-order valence-electron chi connectivity index (χ3n) is 5.31. The van der Waals surface area contributed by atoms with Crippen molar-refractivity contribution in [1.82, 2.24) is 9.62 Å². The SMILES string of the molecule is CC(C)C(c1ccc(N2CC[C@H](NS(=O)(=O)C=Cc3ccc(Cl)s3)C2=O)c(F)c1)N(C)C.O=CO. The van der Waals surface area contributed by atoms with Gasteiger partial charge in [-0.3, -0.25) is 9.59 Å². The molecule has 2 atom stereocenters. The lowest BCUT2D eigenvalue weighted by atomic mass is 9.94. The minimum absolute atomic E-state index is 0.0393. The van der Waals surface area contributed by atoms with Gasteiger partial charge in [-0.2, -0.15) is 4.72 Å². The van der Waals surface area contributed by atoms with Gasteiger partial charge in [0, 0.05) is 22.9 Å². The van der Waals surface area contributed by atoms with Crippen LogP contribution in [0.25, 0.3) is 6.08 Å². The Morgan fingerprint density at radius 2 is 1.94 bits per heavy atom. The number of hydrogen-bond acceptors (Lipinski definition) is 6. The highest BCUT2D eigenvalue weighted by atomic mass is 35.5. The molecule has 0 aliphatic carbocycles. The first-order chi connectivity index (χ1) is 16.4. The summed E-state index contributed by atoms with van der Waals surface area (Å²) in [5.74, 6) is -0.692. The van der Waals surface area contributed by atoms with Gasteiger partial charge in [0.1, 0.15) is 11.9 Å². The number of thiophene rings is 1. The fourth-order valence-corrected chi connectivity index (χ4v) is 6.12. The molecule has 1 amide bonds. The first kappa shape index (κ1) is 28.9. The fourth-order valence-electron chi connectivity index (χ4n) is 4.05. The number of carbonyl (C=O) groups is 2. The number of halogens is 2. The van der Waals surface area contributed by atoms with E-state index in [2.05, 4.69) is 18.6 Å². The van der Waals surface area contributed by atoms with Gasteiger partial charge >= 0.3 is 0 Å². The maximum absolute atomic E-state index is 15.0. The monoisotopic (exact) mass is 545 g/mol. The molecule has 192 valence electrons. The third kappa shape index (κ3) is 7.84. The third-order valence-corrected chi connectivity index (χ3v) is 7.61. The molecule has 2 heterocycles. The number of amides is 1. The van der Waals surface area contributed by atoms with E-state index >= 15 is 0 Å². The van der Waals surface area contributed by atoms with Crippen LogP contribution in [0.4, 0.5) is 10.1 Å². The normalized spacial score (nSPS) is 17.2. The molecule has 1 aliphatic heterocycles. The lowest BCUT2D eigenvalue weighted by Crippen LogP contribution is -2.40. The largest absolute Gasteiger partial charge is 0.483 e. The van der Waals surface area contributed by atoms with Crippen LogP contribution in [0.5, 0.6) is 0 Å². The van der Waals surface area contributed by atoms with Gasteiger partial charge in [-0.15, -0.1) is 11.3 Å². The summed E-state index contributed by atoms with van der Waals surface area (Å²) < 4.78 is 42.7. The summed E-state index contributed by atoms with van der Waals surface area (Å²) in [6.45, 7) is 4.12. The van der Waals surface area contributed by atoms with E-state index in [1.165, 1.54) is 28.4 Å². The molecule has 1 aliphatic rings. The van der Waals surface area contributed by atoms with Gasteiger partial charge in [0.15, 0.2) is 0 Å². The summed E-state index contributed by atoms with van der Waals surface area (Å²) in [6.07, 6.45) is 1.68.